The van der Waals surface area contributed by atoms with Gasteiger partial charge in [0, 0.05) is 18.6 Å². The average molecular weight is 301 g/mol. The molecule has 0 heterocycles. The van der Waals surface area contributed by atoms with Crippen LogP contribution in [-0.2, 0) is 0 Å². The third-order valence-electron chi connectivity index (χ3n) is 3.64. The van der Waals surface area contributed by atoms with Crippen molar-refractivity contribution in [1.82, 2.24) is 4.90 Å². The zero-order valence-electron chi connectivity index (χ0n) is 12.7. The summed E-state index contributed by atoms with van der Waals surface area (Å²) in [5.41, 5.74) is 6.95. The standard InChI is InChI=1S/C16H26ClFN2/c1-4-5-6-9-20(12(2)3)16(11-19)13-7-8-15(18)14(17)10-13/h7-8,10,12,16H,4-6,9,11,19H2,1-3H3. The Labute approximate surface area is 127 Å². The summed E-state index contributed by atoms with van der Waals surface area (Å²) < 4.78 is 13.3. The van der Waals surface area contributed by atoms with Gasteiger partial charge in [0.05, 0.1) is 5.02 Å². The molecule has 4 heteroatoms. The van der Waals surface area contributed by atoms with E-state index in [1.165, 1.54) is 18.9 Å². The highest BCUT2D eigenvalue weighted by Gasteiger charge is 2.22. The molecule has 20 heavy (non-hydrogen) atoms. The lowest BCUT2D eigenvalue weighted by molar-refractivity contribution is 0.154. The molecule has 0 spiro atoms. The largest absolute Gasteiger partial charge is 0.329 e. The number of nitrogens with zero attached hydrogens (tertiary/aromatic N) is 1. The maximum absolute atomic E-state index is 13.3. The lowest BCUT2D eigenvalue weighted by atomic mass is 10.0. The van der Waals surface area contributed by atoms with Gasteiger partial charge >= 0.3 is 0 Å². The summed E-state index contributed by atoms with van der Waals surface area (Å²) in [4.78, 5) is 2.37. The molecular formula is C16H26ClFN2. The average Bonchev–Trinajstić information content (AvgIpc) is 2.41. The summed E-state index contributed by atoms with van der Waals surface area (Å²) in [6, 6.07) is 5.39. The number of hydrogen-bond acceptors (Lipinski definition) is 2. The van der Waals surface area contributed by atoms with Crippen LogP contribution in [0.25, 0.3) is 0 Å². The molecule has 0 fully saturated rings. The Morgan fingerprint density at radius 3 is 2.50 bits per heavy atom. The zero-order valence-corrected chi connectivity index (χ0v) is 13.5. The van der Waals surface area contributed by atoms with Crippen molar-refractivity contribution in [1.29, 1.82) is 0 Å². The van der Waals surface area contributed by atoms with Crippen molar-refractivity contribution in [3.05, 3.63) is 34.6 Å². The highest BCUT2D eigenvalue weighted by atomic mass is 35.5. The van der Waals surface area contributed by atoms with Gasteiger partial charge < -0.3 is 5.73 Å². The number of hydrogen-bond donors (Lipinski definition) is 1. The van der Waals surface area contributed by atoms with Gasteiger partial charge in [0.1, 0.15) is 5.82 Å². The van der Waals surface area contributed by atoms with Crippen LogP contribution in [0.5, 0.6) is 0 Å². The van der Waals surface area contributed by atoms with Gasteiger partial charge in [0.15, 0.2) is 0 Å². The molecule has 1 aromatic carbocycles. The second-order valence-electron chi connectivity index (χ2n) is 5.46. The quantitative estimate of drug-likeness (QED) is 0.722. The Hall–Kier alpha value is -0.640. The minimum absolute atomic E-state index is 0.0879. The second-order valence-corrected chi connectivity index (χ2v) is 5.87. The van der Waals surface area contributed by atoms with Crippen molar-refractivity contribution in [3.8, 4) is 0 Å². The minimum atomic E-state index is -0.381. The first-order valence-electron chi connectivity index (χ1n) is 7.42. The van der Waals surface area contributed by atoms with Gasteiger partial charge in [-0.3, -0.25) is 4.90 Å². The molecule has 1 unspecified atom stereocenters. The van der Waals surface area contributed by atoms with Gasteiger partial charge in [-0.1, -0.05) is 37.4 Å². The Morgan fingerprint density at radius 1 is 1.30 bits per heavy atom. The number of halogens is 2. The first-order valence-corrected chi connectivity index (χ1v) is 7.79. The van der Waals surface area contributed by atoms with E-state index < -0.39 is 0 Å². The van der Waals surface area contributed by atoms with E-state index in [-0.39, 0.29) is 16.9 Å². The Bertz CT molecular complexity index is 409. The van der Waals surface area contributed by atoms with E-state index in [0.717, 1.165) is 18.5 Å². The number of nitrogens with two attached hydrogens (primary N) is 1. The first kappa shape index (κ1) is 17.4. The fourth-order valence-electron chi connectivity index (χ4n) is 2.50. The summed E-state index contributed by atoms with van der Waals surface area (Å²) in [6.07, 6.45) is 3.56. The molecule has 114 valence electrons. The van der Waals surface area contributed by atoms with E-state index in [1.54, 1.807) is 12.1 Å². The molecule has 0 aliphatic heterocycles. The summed E-state index contributed by atoms with van der Waals surface area (Å²) in [6.45, 7) is 8.04. The van der Waals surface area contributed by atoms with Gasteiger partial charge in [-0.25, -0.2) is 4.39 Å². The van der Waals surface area contributed by atoms with Crippen molar-refractivity contribution in [2.45, 2.75) is 52.1 Å². The fourth-order valence-corrected chi connectivity index (χ4v) is 2.69. The molecule has 2 N–H and O–H groups in total. The van der Waals surface area contributed by atoms with Crippen LogP contribution in [0.1, 0.15) is 51.6 Å². The molecule has 0 aliphatic rings. The first-order chi connectivity index (χ1) is 9.51. The van der Waals surface area contributed by atoms with Crippen LogP contribution in [0, 0.1) is 5.82 Å². The van der Waals surface area contributed by atoms with Gasteiger partial charge in [0.25, 0.3) is 0 Å². The van der Waals surface area contributed by atoms with E-state index in [2.05, 4.69) is 25.7 Å². The van der Waals surface area contributed by atoms with E-state index in [9.17, 15) is 4.39 Å². The van der Waals surface area contributed by atoms with E-state index in [0.29, 0.717) is 12.6 Å². The molecule has 0 radical (unpaired) electrons. The second kappa shape index (κ2) is 8.60. The monoisotopic (exact) mass is 300 g/mol. The summed E-state index contributed by atoms with van der Waals surface area (Å²) in [7, 11) is 0. The van der Waals surface area contributed by atoms with Crippen molar-refractivity contribution in [3.63, 3.8) is 0 Å². The molecule has 1 atom stereocenters. The zero-order chi connectivity index (χ0) is 15.1. The van der Waals surface area contributed by atoms with Crippen molar-refractivity contribution in [2.24, 2.45) is 5.73 Å². The number of unbranched alkanes of at least 4 members (excludes halogenated alkanes) is 2. The molecule has 0 saturated carbocycles. The Morgan fingerprint density at radius 2 is 2.00 bits per heavy atom. The molecule has 0 saturated heterocycles. The van der Waals surface area contributed by atoms with Crippen LogP contribution in [-0.4, -0.2) is 24.0 Å². The summed E-state index contributed by atoms with van der Waals surface area (Å²) in [5.74, 6) is -0.381. The summed E-state index contributed by atoms with van der Waals surface area (Å²) in [5, 5.41) is 0.165. The van der Waals surface area contributed by atoms with Crippen LogP contribution in [0.15, 0.2) is 18.2 Å². The summed E-state index contributed by atoms with van der Waals surface area (Å²) >= 11 is 5.89. The topological polar surface area (TPSA) is 29.3 Å². The Balaban J connectivity index is 2.91. The number of benzene rings is 1. The molecular weight excluding hydrogens is 275 g/mol. The molecule has 0 aromatic heterocycles. The normalized spacial score (nSPS) is 13.2. The highest BCUT2D eigenvalue weighted by Crippen LogP contribution is 2.26. The van der Waals surface area contributed by atoms with E-state index in [1.807, 2.05) is 0 Å². The van der Waals surface area contributed by atoms with Crippen LogP contribution in [0.2, 0.25) is 5.02 Å². The molecule has 0 amide bonds. The maximum Gasteiger partial charge on any atom is 0.141 e. The van der Waals surface area contributed by atoms with E-state index in [4.69, 9.17) is 17.3 Å². The lowest BCUT2D eigenvalue weighted by Crippen LogP contribution is -2.39. The molecule has 2 nitrogen and oxygen atoms in total. The van der Waals surface area contributed by atoms with Crippen molar-refractivity contribution >= 4 is 11.6 Å². The predicted molar refractivity (Wildman–Crippen MR) is 84.6 cm³/mol. The maximum atomic E-state index is 13.3. The van der Waals surface area contributed by atoms with Crippen LogP contribution >= 0.6 is 11.6 Å². The van der Waals surface area contributed by atoms with Gasteiger partial charge in [-0.2, -0.15) is 0 Å². The highest BCUT2D eigenvalue weighted by molar-refractivity contribution is 6.30. The third-order valence-corrected chi connectivity index (χ3v) is 3.92. The molecule has 0 aliphatic carbocycles. The van der Waals surface area contributed by atoms with Gasteiger partial charge in [0.2, 0.25) is 0 Å². The van der Waals surface area contributed by atoms with Gasteiger partial charge in [-0.05, 0) is 44.5 Å². The van der Waals surface area contributed by atoms with Crippen LogP contribution in [0.4, 0.5) is 4.39 Å². The predicted octanol–water partition coefficient (Wildman–Crippen LogP) is 4.38. The Kier molecular flexibility index (Phi) is 7.49. The van der Waals surface area contributed by atoms with Crippen molar-refractivity contribution in [2.75, 3.05) is 13.1 Å². The molecule has 1 aromatic rings. The minimum Gasteiger partial charge on any atom is -0.329 e. The number of rotatable bonds is 8. The molecule has 1 rings (SSSR count). The lowest BCUT2D eigenvalue weighted by Gasteiger charge is -2.34. The smallest absolute Gasteiger partial charge is 0.141 e. The van der Waals surface area contributed by atoms with E-state index >= 15 is 0 Å². The van der Waals surface area contributed by atoms with Gasteiger partial charge in [-0.15, -0.1) is 0 Å². The third kappa shape index (κ3) is 4.72. The van der Waals surface area contributed by atoms with Crippen LogP contribution in [0.3, 0.4) is 0 Å². The SMILES string of the molecule is CCCCCN(C(C)C)C(CN)c1ccc(F)c(Cl)c1. The molecule has 0 bridgehead atoms. The van der Waals surface area contributed by atoms with Crippen LogP contribution < -0.4 is 5.73 Å². The fraction of sp³-hybridized carbons (Fsp3) is 0.625. The van der Waals surface area contributed by atoms with Crippen molar-refractivity contribution < 1.29 is 4.39 Å².